The van der Waals surface area contributed by atoms with Crippen molar-refractivity contribution in [3.63, 3.8) is 0 Å². The number of methoxy groups -OCH3 is 1. The highest BCUT2D eigenvalue weighted by molar-refractivity contribution is 5.89. The molecular weight excluding hydrogens is 389 g/mol. The summed E-state index contributed by atoms with van der Waals surface area (Å²) < 4.78 is 49.1. The lowest BCUT2D eigenvalue weighted by Gasteiger charge is -2.29. The summed E-state index contributed by atoms with van der Waals surface area (Å²) in [6.45, 7) is 0. The van der Waals surface area contributed by atoms with Gasteiger partial charge in [-0.05, 0) is 43.9 Å². The number of hydrogen-bond acceptors (Lipinski definition) is 5. The molecule has 10 heteroatoms. The first-order chi connectivity index (χ1) is 13.8. The van der Waals surface area contributed by atoms with Crippen LogP contribution in [-0.4, -0.2) is 35.3 Å². The summed E-state index contributed by atoms with van der Waals surface area (Å²) in [5.41, 5.74) is -0.723. The summed E-state index contributed by atoms with van der Waals surface area (Å²) in [5.74, 6) is 0.743. The normalized spacial score (nSPS) is 19.3. The molecule has 2 aromatic rings. The van der Waals surface area contributed by atoms with Gasteiger partial charge in [0.05, 0.1) is 25.1 Å². The fourth-order valence-corrected chi connectivity index (χ4v) is 3.11. The number of aromatic nitrogens is 2. The Kier molecular flexibility index (Phi) is 6.40. The molecule has 1 aliphatic carbocycles. The zero-order valence-electron chi connectivity index (χ0n) is 15.7. The van der Waals surface area contributed by atoms with E-state index in [0.717, 1.165) is 12.1 Å². The second-order valence-electron chi connectivity index (χ2n) is 6.67. The van der Waals surface area contributed by atoms with Crippen molar-refractivity contribution in [2.24, 2.45) is 0 Å². The molecule has 1 heterocycles. The molecule has 1 aromatic carbocycles. The maximum Gasteiger partial charge on any atom is 0.416 e. The first-order valence-electron chi connectivity index (χ1n) is 9.11. The average molecular weight is 410 g/mol. The van der Waals surface area contributed by atoms with Gasteiger partial charge in [0.15, 0.2) is 0 Å². The van der Waals surface area contributed by atoms with Crippen molar-refractivity contribution in [3.05, 3.63) is 42.2 Å². The molecule has 7 nitrogen and oxygen atoms in total. The molecule has 1 aromatic heterocycles. The molecule has 1 aliphatic rings. The van der Waals surface area contributed by atoms with Crippen molar-refractivity contribution in [2.45, 2.75) is 44.0 Å². The van der Waals surface area contributed by atoms with E-state index in [0.29, 0.717) is 37.4 Å². The quantitative estimate of drug-likeness (QED) is 0.778. The first kappa shape index (κ1) is 20.7. The minimum absolute atomic E-state index is 0.0546. The van der Waals surface area contributed by atoms with Gasteiger partial charge in [-0.3, -0.25) is 4.98 Å². The van der Waals surface area contributed by atoms with Gasteiger partial charge >= 0.3 is 12.2 Å². The third-order valence-corrected chi connectivity index (χ3v) is 4.54. The largest absolute Gasteiger partial charge is 0.480 e. The number of urea groups is 1. The molecule has 2 amide bonds. The molecule has 1 saturated carbocycles. The Morgan fingerprint density at radius 1 is 1.14 bits per heavy atom. The lowest BCUT2D eigenvalue weighted by molar-refractivity contribution is -0.137. The van der Waals surface area contributed by atoms with Crippen molar-refractivity contribution in [3.8, 4) is 11.8 Å². The summed E-state index contributed by atoms with van der Waals surface area (Å²) in [4.78, 5) is 20.3. The molecule has 156 valence electrons. The number of carbonyl (C=O) groups excluding carboxylic acids is 1. The van der Waals surface area contributed by atoms with Gasteiger partial charge in [-0.1, -0.05) is 6.07 Å². The summed E-state index contributed by atoms with van der Waals surface area (Å²) in [5, 5.41) is 5.25. The molecule has 1 fully saturated rings. The third kappa shape index (κ3) is 5.97. The summed E-state index contributed by atoms with van der Waals surface area (Å²) in [7, 11) is 1.50. The Morgan fingerprint density at radius 2 is 1.86 bits per heavy atom. The number of halogens is 3. The van der Waals surface area contributed by atoms with Gasteiger partial charge in [0.25, 0.3) is 0 Å². The van der Waals surface area contributed by atoms with Crippen molar-refractivity contribution in [1.29, 1.82) is 0 Å². The molecule has 3 rings (SSSR count). The molecule has 29 heavy (non-hydrogen) atoms. The second kappa shape index (κ2) is 8.97. The van der Waals surface area contributed by atoms with E-state index in [-0.39, 0.29) is 17.8 Å². The smallest absolute Gasteiger partial charge is 0.416 e. The van der Waals surface area contributed by atoms with E-state index in [1.807, 2.05) is 0 Å². The van der Waals surface area contributed by atoms with Crippen LogP contribution in [0, 0.1) is 0 Å². The fourth-order valence-electron chi connectivity index (χ4n) is 3.11. The Bertz CT molecular complexity index is 839. The van der Waals surface area contributed by atoms with E-state index < -0.39 is 17.8 Å². The number of amides is 2. The Balaban J connectivity index is 1.46. The minimum atomic E-state index is -4.46. The number of hydrogen-bond donors (Lipinski definition) is 2. The number of nitrogens with one attached hydrogen (secondary N) is 2. The van der Waals surface area contributed by atoms with E-state index in [4.69, 9.17) is 9.47 Å². The van der Waals surface area contributed by atoms with Crippen molar-refractivity contribution < 1.29 is 27.4 Å². The predicted molar refractivity (Wildman–Crippen MR) is 98.9 cm³/mol. The maximum atomic E-state index is 12.8. The third-order valence-electron chi connectivity index (χ3n) is 4.54. The van der Waals surface area contributed by atoms with E-state index in [2.05, 4.69) is 20.6 Å². The van der Waals surface area contributed by atoms with Gasteiger partial charge in [-0.2, -0.15) is 18.2 Å². The Labute approximate surface area is 165 Å². The molecule has 0 bridgehead atoms. The molecule has 0 aliphatic heterocycles. The van der Waals surface area contributed by atoms with Crippen LogP contribution in [0.3, 0.4) is 0 Å². The van der Waals surface area contributed by atoms with Crippen LogP contribution in [0.5, 0.6) is 11.8 Å². The molecule has 0 spiro atoms. The highest BCUT2D eigenvalue weighted by atomic mass is 19.4. The second-order valence-corrected chi connectivity index (χ2v) is 6.67. The Morgan fingerprint density at radius 3 is 2.55 bits per heavy atom. The maximum absolute atomic E-state index is 12.8. The van der Waals surface area contributed by atoms with Gasteiger partial charge in [0.1, 0.15) is 6.10 Å². The first-order valence-corrected chi connectivity index (χ1v) is 9.11. The molecular formula is C19H21F3N4O3. The van der Waals surface area contributed by atoms with Crippen LogP contribution in [0.4, 0.5) is 23.7 Å². The van der Waals surface area contributed by atoms with Crippen LogP contribution in [-0.2, 0) is 6.18 Å². The molecule has 0 radical (unpaired) electrons. The topological polar surface area (TPSA) is 85.4 Å². The zero-order valence-corrected chi connectivity index (χ0v) is 15.7. The number of anilines is 1. The lowest BCUT2D eigenvalue weighted by Crippen LogP contribution is -2.41. The van der Waals surface area contributed by atoms with Crippen LogP contribution in [0.25, 0.3) is 0 Å². The van der Waals surface area contributed by atoms with Crippen LogP contribution in [0.1, 0.15) is 31.2 Å². The Hall–Kier alpha value is -3.04. The van der Waals surface area contributed by atoms with Crippen molar-refractivity contribution in [1.82, 2.24) is 15.3 Å². The van der Waals surface area contributed by atoms with Gasteiger partial charge < -0.3 is 20.1 Å². The summed E-state index contributed by atoms with van der Waals surface area (Å²) >= 11 is 0. The SMILES string of the molecule is COc1cncc(OC2CCC(NC(=O)Nc3cccc(C(F)(F)F)c3)CC2)n1. The van der Waals surface area contributed by atoms with Crippen molar-refractivity contribution >= 4 is 11.7 Å². The van der Waals surface area contributed by atoms with Crippen molar-refractivity contribution in [2.75, 3.05) is 12.4 Å². The number of ether oxygens (including phenoxy) is 2. The van der Waals surface area contributed by atoms with Crippen LogP contribution in [0.2, 0.25) is 0 Å². The number of benzene rings is 1. The number of rotatable bonds is 5. The highest BCUT2D eigenvalue weighted by Crippen LogP contribution is 2.30. The summed E-state index contributed by atoms with van der Waals surface area (Å²) in [6.07, 6.45) is 1.24. The average Bonchev–Trinajstić information content (AvgIpc) is 2.69. The van der Waals surface area contributed by atoms with Crippen LogP contribution >= 0.6 is 0 Å². The number of carbonyl (C=O) groups is 1. The van der Waals surface area contributed by atoms with Gasteiger partial charge in [0.2, 0.25) is 11.8 Å². The highest BCUT2D eigenvalue weighted by Gasteiger charge is 2.30. The monoisotopic (exact) mass is 410 g/mol. The van der Waals surface area contributed by atoms with Gasteiger partial charge in [-0.15, -0.1) is 0 Å². The number of nitrogens with zero attached hydrogens (tertiary/aromatic N) is 2. The van der Waals surface area contributed by atoms with Gasteiger partial charge in [-0.25, -0.2) is 4.79 Å². The van der Waals surface area contributed by atoms with E-state index >= 15 is 0 Å². The van der Waals surface area contributed by atoms with Gasteiger partial charge in [0, 0.05) is 11.7 Å². The molecule has 0 unspecified atom stereocenters. The summed E-state index contributed by atoms with van der Waals surface area (Å²) in [6, 6.07) is 3.90. The minimum Gasteiger partial charge on any atom is -0.480 e. The van der Waals surface area contributed by atoms with Crippen LogP contribution < -0.4 is 20.1 Å². The molecule has 0 saturated heterocycles. The molecule has 0 atom stereocenters. The van der Waals surface area contributed by atoms with E-state index in [9.17, 15) is 18.0 Å². The fraction of sp³-hybridized carbons (Fsp3) is 0.421. The number of alkyl halides is 3. The lowest BCUT2D eigenvalue weighted by atomic mass is 9.93. The van der Waals surface area contributed by atoms with Crippen LogP contribution in [0.15, 0.2) is 36.7 Å². The zero-order chi connectivity index (χ0) is 20.9. The standard InChI is InChI=1S/C19H21F3N4O3/c1-28-16-10-23-11-17(26-16)29-15-7-5-13(6-8-15)24-18(27)25-14-4-2-3-12(9-14)19(20,21)22/h2-4,9-11,13,15H,5-8H2,1H3,(H2,24,25,27). The van der Waals surface area contributed by atoms with E-state index in [1.54, 1.807) is 0 Å². The molecule has 2 N–H and O–H groups in total. The van der Waals surface area contributed by atoms with E-state index in [1.165, 1.54) is 31.6 Å². The predicted octanol–water partition coefficient (Wildman–Crippen LogP) is 4.02.